The zero-order valence-electron chi connectivity index (χ0n) is 22.6. The molecule has 0 unspecified atom stereocenters. The van der Waals surface area contributed by atoms with E-state index in [2.05, 4.69) is 15.4 Å². The number of nitrogens with zero attached hydrogens (tertiary/aromatic N) is 3. The Morgan fingerprint density at radius 3 is 2.33 bits per heavy atom. The summed E-state index contributed by atoms with van der Waals surface area (Å²) >= 11 is 0. The van der Waals surface area contributed by atoms with Crippen LogP contribution in [-0.4, -0.2) is 41.9 Å². The monoisotopic (exact) mass is 538 g/mol. The number of ether oxygens (including phenoxy) is 4. The second kappa shape index (κ2) is 10.8. The molecule has 2 atom stereocenters. The molecule has 0 bridgehead atoms. The van der Waals surface area contributed by atoms with E-state index >= 15 is 0 Å². The number of allylic oxidation sites excluding steroid dienone is 2. The molecule has 0 spiro atoms. The molecule has 1 aliphatic heterocycles. The molecule has 9 nitrogen and oxygen atoms in total. The van der Waals surface area contributed by atoms with Gasteiger partial charge in [-0.05, 0) is 53.3 Å². The number of ketones is 1. The molecule has 4 aromatic rings. The van der Waals surface area contributed by atoms with Crippen molar-refractivity contribution in [3.63, 3.8) is 0 Å². The smallest absolute Gasteiger partial charge is 0.226 e. The van der Waals surface area contributed by atoms with E-state index in [9.17, 15) is 4.79 Å². The Labute approximate surface area is 232 Å². The lowest BCUT2D eigenvalue weighted by Crippen LogP contribution is -2.33. The standard InChI is InChI=1S/C31H30N4O5/c1-37-25-11-9-20(15-27(25)38-2)22-13-23-29(24(36)14-22)30(35-31(34-23)32-18-33-35)21-10-12-26(28(16-21)39-3)40-17-19-7-5-4-6-8-19/h4-12,15-16,18,22,30H,13-14,17H2,1-3H3,(H,32,33,34)/t22-,30+/m1/s1. The highest BCUT2D eigenvalue weighted by Crippen LogP contribution is 2.46. The minimum Gasteiger partial charge on any atom is -0.493 e. The van der Waals surface area contributed by atoms with Crippen molar-refractivity contribution in [1.82, 2.24) is 14.8 Å². The third kappa shape index (κ3) is 4.64. The molecule has 0 amide bonds. The van der Waals surface area contributed by atoms with E-state index in [1.807, 2.05) is 66.7 Å². The van der Waals surface area contributed by atoms with Gasteiger partial charge < -0.3 is 24.3 Å². The third-order valence-corrected chi connectivity index (χ3v) is 7.48. The molecule has 6 rings (SSSR count). The van der Waals surface area contributed by atoms with Gasteiger partial charge in [-0.1, -0.05) is 42.5 Å². The van der Waals surface area contributed by atoms with Crippen molar-refractivity contribution in [3.05, 3.63) is 101 Å². The molecule has 2 aliphatic rings. The molecule has 0 fully saturated rings. The Kier molecular flexibility index (Phi) is 6.86. The first kappa shape index (κ1) is 25.5. The van der Waals surface area contributed by atoms with Gasteiger partial charge in [0.05, 0.1) is 21.3 Å². The molecule has 1 aliphatic carbocycles. The number of methoxy groups -OCH3 is 3. The second-order valence-electron chi connectivity index (χ2n) is 9.78. The molecular formula is C31H30N4O5. The Balaban J connectivity index is 1.33. The summed E-state index contributed by atoms with van der Waals surface area (Å²) in [7, 11) is 4.83. The van der Waals surface area contributed by atoms with Gasteiger partial charge in [0.1, 0.15) is 19.0 Å². The summed E-state index contributed by atoms with van der Waals surface area (Å²) < 4.78 is 24.4. The van der Waals surface area contributed by atoms with E-state index in [-0.39, 0.29) is 11.7 Å². The zero-order chi connectivity index (χ0) is 27.6. The first-order chi connectivity index (χ1) is 19.6. The number of hydrogen-bond acceptors (Lipinski definition) is 8. The first-order valence-corrected chi connectivity index (χ1v) is 13.1. The maximum atomic E-state index is 13.8. The number of Topliss-reactive ketones (excluding diaryl/α,β-unsaturated/α-hetero) is 1. The average molecular weight is 539 g/mol. The molecule has 1 aromatic heterocycles. The Morgan fingerprint density at radius 1 is 0.850 bits per heavy atom. The van der Waals surface area contributed by atoms with Crippen LogP contribution in [0.2, 0.25) is 0 Å². The van der Waals surface area contributed by atoms with Crippen LogP contribution in [0.1, 0.15) is 41.5 Å². The number of anilines is 1. The molecule has 0 saturated carbocycles. The first-order valence-electron chi connectivity index (χ1n) is 13.1. The SMILES string of the molecule is COc1ccc([C@H]2CC(=O)C3=C(C2)Nc2ncnn2[C@H]3c2ccc(OCc3ccccc3)c(OC)c2)cc1OC. The topological polar surface area (TPSA) is 96.7 Å². The van der Waals surface area contributed by atoms with Crippen LogP contribution in [-0.2, 0) is 11.4 Å². The number of nitrogens with one attached hydrogen (secondary N) is 1. The summed E-state index contributed by atoms with van der Waals surface area (Å²) in [6.45, 7) is 0.419. The number of aromatic nitrogens is 3. The minimum absolute atomic E-state index is 0.0167. The quantitative estimate of drug-likeness (QED) is 0.323. The van der Waals surface area contributed by atoms with Crippen LogP contribution in [0.15, 0.2) is 84.3 Å². The van der Waals surface area contributed by atoms with Crippen LogP contribution in [0, 0.1) is 0 Å². The van der Waals surface area contributed by atoms with E-state index in [1.54, 1.807) is 26.0 Å². The van der Waals surface area contributed by atoms with E-state index in [0.717, 1.165) is 22.4 Å². The van der Waals surface area contributed by atoms with Gasteiger partial charge in [-0.15, -0.1) is 0 Å². The van der Waals surface area contributed by atoms with Crippen LogP contribution in [0.3, 0.4) is 0 Å². The minimum atomic E-state index is -0.440. The van der Waals surface area contributed by atoms with Gasteiger partial charge in [-0.25, -0.2) is 4.68 Å². The third-order valence-electron chi connectivity index (χ3n) is 7.48. The molecule has 9 heteroatoms. The molecule has 2 heterocycles. The van der Waals surface area contributed by atoms with Crippen LogP contribution in [0.5, 0.6) is 23.0 Å². The fourth-order valence-electron chi connectivity index (χ4n) is 5.51. The highest BCUT2D eigenvalue weighted by atomic mass is 16.5. The number of carbonyl (C=O) groups excluding carboxylic acids is 1. The molecule has 40 heavy (non-hydrogen) atoms. The molecule has 1 N–H and O–H groups in total. The Morgan fingerprint density at radius 2 is 1.55 bits per heavy atom. The number of carbonyl (C=O) groups is 1. The fourth-order valence-corrected chi connectivity index (χ4v) is 5.51. The van der Waals surface area contributed by atoms with Gasteiger partial charge in [0.15, 0.2) is 28.8 Å². The van der Waals surface area contributed by atoms with Crippen molar-refractivity contribution in [2.45, 2.75) is 31.4 Å². The predicted molar refractivity (Wildman–Crippen MR) is 149 cm³/mol. The van der Waals surface area contributed by atoms with Crippen LogP contribution < -0.4 is 24.3 Å². The molecule has 3 aromatic carbocycles. The highest BCUT2D eigenvalue weighted by Gasteiger charge is 2.39. The summed E-state index contributed by atoms with van der Waals surface area (Å²) in [5.41, 5.74) is 4.48. The summed E-state index contributed by atoms with van der Waals surface area (Å²) in [4.78, 5) is 18.2. The van der Waals surface area contributed by atoms with E-state index in [4.69, 9.17) is 18.9 Å². The van der Waals surface area contributed by atoms with Gasteiger partial charge >= 0.3 is 0 Å². The summed E-state index contributed by atoms with van der Waals surface area (Å²) in [6.07, 6.45) is 2.51. The summed E-state index contributed by atoms with van der Waals surface area (Å²) in [5, 5.41) is 7.84. The summed E-state index contributed by atoms with van der Waals surface area (Å²) in [5.74, 6) is 3.14. The van der Waals surface area contributed by atoms with Crippen molar-refractivity contribution in [3.8, 4) is 23.0 Å². The van der Waals surface area contributed by atoms with Crippen molar-refractivity contribution < 1.29 is 23.7 Å². The normalized spacial score (nSPS) is 17.9. The van der Waals surface area contributed by atoms with E-state index < -0.39 is 6.04 Å². The van der Waals surface area contributed by atoms with Crippen molar-refractivity contribution >= 4 is 11.7 Å². The number of rotatable bonds is 8. The number of hydrogen-bond donors (Lipinski definition) is 1. The molecule has 0 radical (unpaired) electrons. The average Bonchev–Trinajstić information content (AvgIpc) is 3.47. The van der Waals surface area contributed by atoms with Gasteiger partial charge in [0, 0.05) is 17.7 Å². The maximum Gasteiger partial charge on any atom is 0.226 e. The number of fused-ring (bicyclic) bond motifs is 1. The highest BCUT2D eigenvalue weighted by molar-refractivity contribution is 6.00. The molecule has 204 valence electrons. The second-order valence-corrected chi connectivity index (χ2v) is 9.78. The Hall–Kier alpha value is -4.79. The van der Waals surface area contributed by atoms with Gasteiger partial charge in [-0.3, -0.25) is 4.79 Å². The van der Waals surface area contributed by atoms with Crippen LogP contribution in [0.25, 0.3) is 0 Å². The maximum absolute atomic E-state index is 13.8. The summed E-state index contributed by atoms with van der Waals surface area (Å²) in [6, 6.07) is 21.1. The van der Waals surface area contributed by atoms with Crippen molar-refractivity contribution in [2.24, 2.45) is 0 Å². The lowest BCUT2D eigenvalue weighted by atomic mass is 9.78. The van der Waals surface area contributed by atoms with Gasteiger partial charge in [0.2, 0.25) is 5.95 Å². The lowest BCUT2D eigenvalue weighted by molar-refractivity contribution is -0.116. The van der Waals surface area contributed by atoms with Crippen molar-refractivity contribution in [2.75, 3.05) is 26.6 Å². The van der Waals surface area contributed by atoms with E-state index in [0.29, 0.717) is 54.0 Å². The van der Waals surface area contributed by atoms with Crippen molar-refractivity contribution in [1.29, 1.82) is 0 Å². The molecule has 0 saturated heterocycles. The Bertz CT molecular complexity index is 1580. The van der Waals surface area contributed by atoms with Crippen LogP contribution >= 0.6 is 0 Å². The largest absolute Gasteiger partial charge is 0.493 e. The fraction of sp³-hybridized carbons (Fsp3) is 0.258. The number of benzene rings is 3. The molecular weight excluding hydrogens is 508 g/mol. The van der Waals surface area contributed by atoms with E-state index in [1.165, 1.54) is 6.33 Å². The van der Waals surface area contributed by atoms with Gasteiger partial charge in [-0.2, -0.15) is 10.1 Å². The van der Waals surface area contributed by atoms with Gasteiger partial charge in [0.25, 0.3) is 0 Å². The predicted octanol–water partition coefficient (Wildman–Crippen LogP) is 5.30. The van der Waals surface area contributed by atoms with Crippen LogP contribution in [0.4, 0.5) is 5.95 Å². The lowest BCUT2D eigenvalue weighted by Gasteiger charge is -2.35. The zero-order valence-corrected chi connectivity index (χ0v) is 22.6.